The first-order valence-electron chi connectivity index (χ1n) is 12.7. The number of benzene rings is 2. The van der Waals surface area contributed by atoms with Crippen LogP contribution in [0.15, 0.2) is 48.5 Å². The highest BCUT2D eigenvalue weighted by Crippen LogP contribution is 2.28. The van der Waals surface area contributed by atoms with E-state index in [9.17, 15) is 9.59 Å². The van der Waals surface area contributed by atoms with Crippen LogP contribution >= 0.6 is 0 Å². The van der Waals surface area contributed by atoms with Crippen LogP contribution in [-0.4, -0.2) is 53.7 Å². The number of nitrogens with zero attached hydrogens (tertiary/aromatic N) is 2. The van der Waals surface area contributed by atoms with Crippen molar-refractivity contribution in [3.8, 4) is 0 Å². The number of amides is 1. The number of hydrogen-bond donors (Lipinski definition) is 0. The zero-order chi connectivity index (χ0) is 23.2. The number of piperidine rings is 1. The molecule has 0 radical (unpaired) electrons. The van der Waals surface area contributed by atoms with Gasteiger partial charge in [-0.25, -0.2) is 0 Å². The van der Waals surface area contributed by atoms with Gasteiger partial charge in [-0.3, -0.25) is 9.59 Å². The van der Waals surface area contributed by atoms with Gasteiger partial charge < -0.3 is 9.80 Å². The topological polar surface area (TPSA) is 40.6 Å². The lowest BCUT2D eigenvalue weighted by atomic mass is 9.94. The number of aryl methyl sites for hydroxylation is 1. The van der Waals surface area contributed by atoms with Crippen molar-refractivity contribution >= 4 is 11.7 Å². The van der Waals surface area contributed by atoms with E-state index in [4.69, 9.17) is 0 Å². The summed E-state index contributed by atoms with van der Waals surface area (Å²) in [5, 5.41) is 0. The van der Waals surface area contributed by atoms with E-state index in [1.807, 2.05) is 12.1 Å². The van der Waals surface area contributed by atoms with Crippen molar-refractivity contribution in [2.24, 2.45) is 5.92 Å². The fourth-order valence-electron chi connectivity index (χ4n) is 5.47. The minimum absolute atomic E-state index is 0.0378. The molecule has 33 heavy (non-hydrogen) atoms. The number of carbonyl (C=O) groups is 2. The van der Waals surface area contributed by atoms with Crippen LogP contribution in [0.1, 0.15) is 77.3 Å². The predicted molar refractivity (Wildman–Crippen MR) is 134 cm³/mol. The molecule has 2 aromatic rings. The van der Waals surface area contributed by atoms with Crippen molar-refractivity contribution < 1.29 is 9.59 Å². The number of carbonyl (C=O) groups excluding carboxylic acids is 2. The summed E-state index contributed by atoms with van der Waals surface area (Å²) in [6.45, 7) is 7.99. The first kappa shape index (κ1) is 23.7. The predicted octanol–water partition coefficient (Wildman–Crippen LogP) is 5.54. The van der Waals surface area contributed by atoms with E-state index in [-0.39, 0.29) is 11.7 Å². The van der Waals surface area contributed by atoms with Crippen molar-refractivity contribution in [1.82, 2.24) is 9.80 Å². The van der Waals surface area contributed by atoms with Crippen LogP contribution in [0, 0.1) is 12.8 Å². The Balaban J connectivity index is 1.34. The lowest BCUT2D eigenvalue weighted by Crippen LogP contribution is -2.45. The number of likely N-dealkylation sites (tertiary alicyclic amines) is 1. The Bertz CT molecular complexity index is 938. The van der Waals surface area contributed by atoms with Crippen LogP contribution in [0.25, 0.3) is 0 Å². The lowest BCUT2D eigenvalue weighted by Gasteiger charge is -2.37. The van der Waals surface area contributed by atoms with Gasteiger partial charge in [0.25, 0.3) is 5.91 Å². The Kier molecular flexibility index (Phi) is 7.97. The molecule has 4 heteroatoms. The zero-order valence-electron chi connectivity index (χ0n) is 20.3. The first-order valence-corrected chi connectivity index (χ1v) is 12.7. The normalized spacial score (nSPS) is 17.9. The van der Waals surface area contributed by atoms with E-state index in [1.165, 1.54) is 24.0 Å². The van der Waals surface area contributed by atoms with Crippen LogP contribution in [0.3, 0.4) is 0 Å². The third-order valence-electron chi connectivity index (χ3n) is 7.69. The van der Waals surface area contributed by atoms with Crippen LogP contribution < -0.4 is 0 Å². The van der Waals surface area contributed by atoms with Crippen LogP contribution in [0.5, 0.6) is 0 Å². The van der Waals surface area contributed by atoms with Gasteiger partial charge in [-0.2, -0.15) is 0 Å². The van der Waals surface area contributed by atoms with Crippen molar-refractivity contribution in [1.29, 1.82) is 0 Å². The highest BCUT2D eigenvalue weighted by molar-refractivity contribution is 5.97. The molecule has 0 bridgehead atoms. The second-order valence-electron chi connectivity index (χ2n) is 9.99. The fourth-order valence-corrected chi connectivity index (χ4v) is 5.47. The number of Topliss-reactive ketones (excluding diaryl/α,β-unsaturated/α-hetero) is 1. The molecule has 0 spiro atoms. The summed E-state index contributed by atoms with van der Waals surface area (Å²) in [6.07, 6.45) is 8.10. The van der Waals surface area contributed by atoms with Gasteiger partial charge in [0, 0.05) is 30.3 Å². The van der Waals surface area contributed by atoms with Crippen molar-refractivity contribution in [2.45, 2.75) is 64.8 Å². The number of ketones is 1. The van der Waals surface area contributed by atoms with Gasteiger partial charge in [-0.15, -0.1) is 0 Å². The van der Waals surface area contributed by atoms with Gasteiger partial charge >= 0.3 is 0 Å². The number of hydrogen-bond acceptors (Lipinski definition) is 3. The molecule has 176 valence electrons. The summed E-state index contributed by atoms with van der Waals surface area (Å²) >= 11 is 0. The average molecular weight is 447 g/mol. The third kappa shape index (κ3) is 6.11. The summed E-state index contributed by atoms with van der Waals surface area (Å²) in [5.74, 6) is 0.746. The van der Waals surface area contributed by atoms with E-state index in [0.29, 0.717) is 23.1 Å². The molecule has 1 heterocycles. The molecule has 2 aromatic carbocycles. The molecular formula is C29H38N2O2. The molecule has 0 N–H and O–H groups in total. The summed E-state index contributed by atoms with van der Waals surface area (Å²) in [4.78, 5) is 29.8. The van der Waals surface area contributed by atoms with Crippen molar-refractivity contribution in [2.75, 3.05) is 26.2 Å². The highest BCUT2D eigenvalue weighted by Gasteiger charge is 2.31. The standard InChI is InChI=1S/C29H38N2O2/c1-22-7-3-4-8-25(22)17-20-30-18-15-24(16-19-30)21-31(28-9-5-6-10-28)29(33)27-13-11-26(12-14-27)23(2)32/h3-4,7-8,11-14,24,28H,5-6,9-10,15-21H2,1-2H3. The quantitative estimate of drug-likeness (QED) is 0.500. The zero-order valence-corrected chi connectivity index (χ0v) is 20.3. The second kappa shape index (κ2) is 11.1. The maximum Gasteiger partial charge on any atom is 0.254 e. The van der Waals surface area contributed by atoms with Gasteiger partial charge in [0.1, 0.15) is 0 Å². The number of rotatable bonds is 8. The fraction of sp³-hybridized carbons (Fsp3) is 0.517. The average Bonchev–Trinajstić information content (AvgIpc) is 3.37. The van der Waals surface area contributed by atoms with Gasteiger partial charge in [0.05, 0.1) is 0 Å². The Morgan fingerprint density at radius 2 is 1.55 bits per heavy atom. The molecule has 1 saturated carbocycles. The summed E-state index contributed by atoms with van der Waals surface area (Å²) < 4.78 is 0. The van der Waals surface area contributed by atoms with Crippen molar-refractivity contribution in [3.63, 3.8) is 0 Å². The largest absolute Gasteiger partial charge is 0.335 e. The van der Waals surface area contributed by atoms with E-state index in [1.54, 1.807) is 19.1 Å². The highest BCUT2D eigenvalue weighted by atomic mass is 16.2. The molecule has 1 amide bonds. The maximum absolute atomic E-state index is 13.5. The second-order valence-corrected chi connectivity index (χ2v) is 9.99. The molecule has 2 aliphatic rings. The van der Waals surface area contributed by atoms with Gasteiger partial charge in [-0.05, 0) is 88.2 Å². The first-order chi connectivity index (χ1) is 16.0. The Hall–Kier alpha value is -2.46. The van der Waals surface area contributed by atoms with Crippen LogP contribution in [-0.2, 0) is 6.42 Å². The van der Waals surface area contributed by atoms with Gasteiger partial charge in [0.2, 0.25) is 0 Å². The van der Waals surface area contributed by atoms with E-state index in [0.717, 1.165) is 58.3 Å². The molecule has 4 nitrogen and oxygen atoms in total. The molecule has 2 fully saturated rings. The molecule has 1 saturated heterocycles. The van der Waals surface area contributed by atoms with E-state index in [2.05, 4.69) is 41.0 Å². The Labute approximate surface area is 199 Å². The van der Waals surface area contributed by atoms with Crippen LogP contribution in [0.2, 0.25) is 0 Å². The third-order valence-corrected chi connectivity index (χ3v) is 7.69. The van der Waals surface area contributed by atoms with E-state index < -0.39 is 0 Å². The monoisotopic (exact) mass is 446 g/mol. The molecule has 0 atom stereocenters. The van der Waals surface area contributed by atoms with Crippen molar-refractivity contribution in [3.05, 3.63) is 70.8 Å². The minimum Gasteiger partial charge on any atom is -0.335 e. The Morgan fingerprint density at radius 1 is 0.909 bits per heavy atom. The molecular weight excluding hydrogens is 408 g/mol. The Morgan fingerprint density at radius 3 is 2.18 bits per heavy atom. The molecule has 0 aromatic heterocycles. The minimum atomic E-state index is 0.0378. The van der Waals surface area contributed by atoms with Gasteiger partial charge in [-0.1, -0.05) is 49.2 Å². The maximum atomic E-state index is 13.5. The lowest BCUT2D eigenvalue weighted by molar-refractivity contribution is 0.0598. The van der Waals surface area contributed by atoms with Gasteiger partial charge in [0.15, 0.2) is 5.78 Å². The van der Waals surface area contributed by atoms with Crippen LogP contribution in [0.4, 0.5) is 0 Å². The summed E-state index contributed by atoms with van der Waals surface area (Å²) in [6, 6.07) is 16.3. The smallest absolute Gasteiger partial charge is 0.254 e. The summed E-state index contributed by atoms with van der Waals surface area (Å²) in [5.41, 5.74) is 4.21. The molecule has 1 aliphatic heterocycles. The molecule has 4 rings (SSSR count). The van der Waals surface area contributed by atoms with E-state index >= 15 is 0 Å². The summed E-state index contributed by atoms with van der Waals surface area (Å²) in [7, 11) is 0. The SMILES string of the molecule is CC(=O)c1ccc(C(=O)N(CC2CCN(CCc3ccccc3C)CC2)C2CCCC2)cc1. The molecule has 1 aliphatic carbocycles. The molecule has 0 unspecified atom stereocenters.